The highest BCUT2D eigenvalue weighted by Crippen LogP contribution is 2.35. The van der Waals surface area contributed by atoms with E-state index in [1.54, 1.807) is 7.11 Å². The summed E-state index contributed by atoms with van der Waals surface area (Å²) in [5, 5.41) is 0. The van der Waals surface area contributed by atoms with Crippen LogP contribution < -0.4 is 10.5 Å². The van der Waals surface area contributed by atoms with Crippen molar-refractivity contribution in [3.05, 3.63) is 50.7 Å². The molecule has 0 spiro atoms. The molecular formula is C16H19NOS. The molecule has 1 aromatic carbocycles. The second kappa shape index (κ2) is 4.99. The van der Waals surface area contributed by atoms with E-state index in [1.807, 2.05) is 17.4 Å². The summed E-state index contributed by atoms with van der Waals surface area (Å²) >= 11 is 1.88. The van der Waals surface area contributed by atoms with Gasteiger partial charge < -0.3 is 10.5 Å². The van der Waals surface area contributed by atoms with Gasteiger partial charge in [0, 0.05) is 9.75 Å². The number of benzene rings is 1. The van der Waals surface area contributed by atoms with Crippen LogP contribution in [0, 0.1) is 6.92 Å². The van der Waals surface area contributed by atoms with Crippen molar-refractivity contribution in [3.63, 3.8) is 0 Å². The van der Waals surface area contributed by atoms with Gasteiger partial charge >= 0.3 is 0 Å². The summed E-state index contributed by atoms with van der Waals surface area (Å²) in [5.41, 5.74) is 10.2. The van der Waals surface area contributed by atoms with Gasteiger partial charge in [0.25, 0.3) is 0 Å². The number of ether oxygens (including phenoxy) is 1. The SMILES string of the molecule is COc1ccc(C(N)c2cc3c(s2)CCC3)cc1C. The summed E-state index contributed by atoms with van der Waals surface area (Å²) in [4.78, 5) is 2.82. The van der Waals surface area contributed by atoms with Crippen molar-refractivity contribution in [1.82, 2.24) is 0 Å². The predicted octanol–water partition coefficient (Wildman–Crippen LogP) is 3.60. The molecule has 3 rings (SSSR count). The summed E-state index contributed by atoms with van der Waals surface area (Å²) in [6.45, 7) is 2.06. The maximum Gasteiger partial charge on any atom is 0.121 e. The van der Waals surface area contributed by atoms with Gasteiger partial charge in [0.2, 0.25) is 0 Å². The molecule has 0 saturated heterocycles. The Morgan fingerprint density at radius 2 is 2.11 bits per heavy atom. The average molecular weight is 273 g/mol. The summed E-state index contributed by atoms with van der Waals surface area (Å²) in [5.74, 6) is 0.921. The highest BCUT2D eigenvalue weighted by atomic mass is 32.1. The Balaban J connectivity index is 1.90. The molecule has 3 heteroatoms. The summed E-state index contributed by atoms with van der Waals surface area (Å²) in [7, 11) is 1.70. The van der Waals surface area contributed by atoms with Crippen LogP contribution in [-0.2, 0) is 12.8 Å². The van der Waals surface area contributed by atoms with E-state index in [4.69, 9.17) is 10.5 Å². The number of nitrogens with two attached hydrogens (primary N) is 1. The smallest absolute Gasteiger partial charge is 0.121 e. The molecule has 0 bridgehead atoms. The first-order chi connectivity index (χ1) is 9.19. The van der Waals surface area contributed by atoms with Gasteiger partial charge in [-0.3, -0.25) is 0 Å². The first-order valence-corrected chi connectivity index (χ1v) is 7.52. The Bertz CT molecular complexity index is 581. The third-order valence-corrected chi connectivity index (χ3v) is 5.17. The number of aryl methyl sites for hydroxylation is 3. The van der Waals surface area contributed by atoms with Crippen molar-refractivity contribution in [2.75, 3.05) is 7.11 Å². The molecule has 0 fully saturated rings. The van der Waals surface area contributed by atoms with Crippen molar-refractivity contribution in [1.29, 1.82) is 0 Å². The molecule has 1 aromatic heterocycles. The van der Waals surface area contributed by atoms with E-state index in [1.165, 1.54) is 40.1 Å². The first kappa shape index (κ1) is 12.7. The van der Waals surface area contributed by atoms with Gasteiger partial charge in [-0.1, -0.05) is 12.1 Å². The third kappa shape index (κ3) is 2.28. The second-order valence-electron chi connectivity index (χ2n) is 5.16. The third-order valence-electron chi connectivity index (χ3n) is 3.85. The van der Waals surface area contributed by atoms with Crippen LogP contribution in [0.4, 0.5) is 0 Å². The van der Waals surface area contributed by atoms with Gasteiger partial charge in [0.05, 0.1) is 13.2 Å². The minimum absolute atomic E-state index is 0.0137. The summed E-state index contributed by atoms with van der Waals surface area (Å²) in [6, 6.07) is 8.50. The van der Waals surface area contributed by atoms with Crippen molar-refractivity contribution in [2.45, 2.75) is 32.2 Å². The van der Waals surface area contributed by atoms with Crippen LogP contribution in [0.1, 0.15) is 38.9 Å². The lowest BCUT2D eigenvalue weighted by molar-refractivity contribution is 0.411. The average Bonchev–Trinajstić information content (AvgIpc) is 2.98. The number of hydrogen-bond acceptors (Lipinski definition) is 3. The molecule has 1 heterocycles. The number of fused-ring (bicyclic) bond motifs is 1. The Labute approximate surface area is 118 Å². The van der Waals surface area contributed by atoms with Crippen LogP contribution in [-0.4, -0.2) is 7.11 Å². The highest BCUT2D eigenvalue weighted by Gasteiger charge is 2.19. The quantitative estimate of drug-likeness (QED) is 0.927. The van der Waals surface area contributed by atoms with Gasteiger partial charge in [-0.05, 0) is 55.0 Å². The molecule has 0 aliphatic heterocycles. The van der Waals surface area contributed by atoms with Gasteiger partial charge in [0.15, 0.2) is 0 Å². The number of thiophene rings is 1. The lowest BCUT2D eigenvalue weighted by atomic mass is 10.0. The Hall–Kier alpha value is -1.32. The number of rotatable bonds is 3. The molecule has 0 radical (unpaired) electrons. The van der Waals surface area contributed by atoms with Gasteiger partial charge in [-0.2, -0.15) is 0 Å². The molecule has 100 valence electrons. The van der Waals surface area contributed by atoms with Crippen molar-refractivity contribution < 1.29 is 4.74 Å². The standard InChI is InChI=1S/C16H19NOS/c1-10-8-12(6-7-13(10)18-2)16(17)15-9-11-4-3-5-14(11)19-15/h6-9,16H,3-5,17H2,1-2H3. The van der Waals surface area contributed by atoms with Crippen LogP contribution in [0.25, 0.3) is 0 Å². The first-order valence-electron chi connectivity index (χ1n) is 6.70. The minimum atomic E-state index is -0.0137. The minimum Gasteiger partial charge on any atom is -0.496 e. The van der Waals surface area contributed by atoms with Gasteiger partial charge in [0.1, 0.15) is 5.75 Å². The van der Waals surface area contributed by atoms with Crippen LogP contribution in [0.5, 0.6) is 5.75 Å². The molecule has 1 aliphatic rings. The Kier molecular flexibility index (Phi) is 3.33. The van der Waals surface area contributed by atoms with E-state index in [-0.39, 0.29) is 6.04 Å². The maximum atomic E-state index is 6.41. The maximum absolute atomic E-state index is 6.41. The fraction of sp³-hybridized carbons (Fsp3) is 0.375. The fourth-order valence-electron chi connectivity index (χ4n) is 2.76. The molecule has 1 atom stereocenters. The van der Waals surface area contributed by atoms with E-state index < -0.39 is 0 Å². The summed E-state index contributed by atoms with van der Waals surface area (Å²) < 4.78 is 5.30. The molecule has 0 saturated carbocycles. The molecule has 0 amide bonds. The predicted molar refractivity (Wildman–Crippen MR) is 80.1 cm³/mol. The number of methoxy groups -OCH3 is 1. The largest absolute Gasteiger partial charge is 0.496 e. The number of hydrogen-bond donors (Lipinski definition) is 1. The zero-order valence-corrected chi connectivity index (χ0v) is 12.2. The van der Waals surface area contributed by atoms with Gasteiger partial charge in [-0.25, -0.2) is 0 Å². The van der Waals surface area contributed by atoms with Crippen LogP contribution in [0.3, 0.4) is 0 Å². The molecule has 2 N–H and O–H groups in total. The van der Waals surface area contributed by atoms with Crippen molar-refractivity contribution >= 4 is 11.3 Å². The van der Waals surface area contributed by atoms with E-state index in [2.05, 4.69) is 25.1 Å². The van der Waals surface area contributed by atoms with Crippen LogP contribution in [0.2, 0.25) is 0 Å². The molecular weight excluding hydrogens is 254 g/mol. The monoisotopic (exact) mass is 273 g/mol. The lowest BCUT2D eigenvalue weighted by Crippen LogP contribution is -2.10. The Morgan fingerprint density at radius 3 is 2.79 bits per heavy atom. The molecule has 2 nitrogen and oxygen atoms in total. The lowest BCUT2D eigenvalue weighted by Gasteiger charge is -2.13. The normalized spacial score (nSPS) is 15.3. The van der Waals surface area contributed by atoms with Crippen LogP contribution >= 0.6 is 11.3 Å². The van der Waals surface area contributed by atoms with Crippen molar-refractivity contribution in [2.24, 2.45) is 5.73 Å². The Morgan fingerprint density at radius 1 is 1.26 bits per heavy atom. The zero-order valence-electron chi connectivity index (χ0n) is 11.4. The second-order valence-corrected chi connectivity index (χ2v) is 6.33. The van der Waals surface area contributed by atoms with E-state index in [0.717, 1.165) is 11.3 Å². The van der Waals surface area contributed by atoms with Crippen LogP contribution in [0.15, 0.2) is 24.3 Å². The van der Waals surface area contributed by atoms with E-state index in [9.17, 15) is 0 Å². The van der Waals surface area contributed by atoms with Crippen molar-refractivity contribution in [3.8, 4) is 5.75 Å². The zero-order chi connectivity index (χ0) is 13.4. The molecule has 1 unspecified atom stereocenters. The van der Waals surface area contributed by atoms with E-state index in [0.29, 0.717) is 0 Å². The molecule has 19 heavy (non-hydrogen) atoms. The highest BCUT2D eigenvalue weighted by molar-refractivity contribution is 7.12. The van der Waals surface area contributed by atoms with E-state index >= 15 is 0 Å². The molecule has 2 aromatic rings. The van der Waals surface area contributed by atoms with Gasteiger partial charge in [-0.15, -0.1) is 11.3 Å². The molecule has 1 aliphatic carbocycles. The summed E-state index contributed by atoms with van der Waals surface area (Å²) in [6.07, 6.45) is 3.76. The topological polar surface area (TPSA) is 35.2 Å². The fourth-order valence-corrected chi connectivity index (χ4v) is 4.05.